The summed E-state index contributed by atoms with van der Waals surface area (Å²) in [7, 11) is 0. The van der Waals surface area contributed by atoms with Crippen LogP contribution in [-0.4, -0.2) is 20.9 Å². The Kier molecular flexibility index (Phi) is 3.28. The molecule has 0 unspecified atom stereocenters. The summed E-state index contributed by atoms with van der Waals surface area (Å²) in [5.41, 5.74) is 3.39. The molecule has 1 heterocycles. The van der Waals surface area contributed by atoms with Crippen molar-refractivity contribution in [3.63, 3.8) is 0 Å². The number of para-hydroxylation sites is 1. The number of aromatic nitrogens is 2. The van der Waals surface area contributed by atoms with Crippen LogP contribution >= 0.6 is 0 Å². The first-order valence-corrected chi connectivity index (χ1v) is 6.61. The molecule has 0 saturated carbocycles. The summed E-state index contributed by atoms with van der Waals surface area (Å²) in [4.78, 5) is 11.5. The summed E-state index contributed by atoms with van der Waals surface area (Å²) in [6.45, 7) is 1.97. The third-order valence-electron chi connectivity index (χ3n) is 3.35. The number of rotatable bonds is 3. The van der Waals surface area contributed by atoms with Gasteiger partial charge >= 0.3 is 5.97 Å². The molecule has 3 rings (SSSR count). The molecule has 0 saturated heterocycles. The van der Waals surface area contributed by atoms with Crippen LogP contribution in [0, 0.1) is 6.92 Å². The van der Waals surface area contributed by atoms with E-state index in [1.54, 1.807) is 10.9 Å². The molecule has 0 aliphatic carbocycles. The quantitative estimate of drug-likeness (QED) is 0.797. The predicted octanol–water partition coefficient (Wildman–Crippen LogP) is 3.55. The minimum Gasteiger partial charge on any atom is -0.478 e. The van der Waals surface area contributed by atoms with Crippen LogP contribution in [0.2, 0.25) is 0 Å². The zero-order valence-electron chi connectivity index (χ0n) is 11.5. The highest BCUT2D eigenvalue weighted by atomic mass is 16.4. The molecular weight excluding hydrogens is 264 g/mol. The highest BCUT2D eigenvalue weighted by Crippen LogP contribution is 2.24. The maximum absolute atomic E-state index is 11.5. The zero-order valence-corrected chi connectivity index (χ0v) is 11.5. The van der Waals surface area contributed by atoms with Crippen molar-refractivity contribution in [2.45, 2.75) is 6.92 Å². The fourth-order valence-corrected chi connectivity index (χ4v) is 2.28. The molecule has 0 aliphatic rings. The van der Waals surface area contributed by atoms with E-state index < -0.39 is 5.97 Å². The Morgan fingerprint density at radius 2 is 1.71 bits per heavy atom. The fourth-order valence-electron chi connectivity index (χ4n) is 2.28. The molecular formula is C17H14N2O2. The highest BCUT2D eigenvalue weighted by Gasteiger charge is 2.17. The Balaban J connectivity index is 2.18. The van der Waals surface area contributed by atoms with Gasteiger partial charge in [-0.25, -0.2) is 9.48 Å². The van der Waals surface area contributed by atoms with Crippen molar-refractivity contribution in [2.75, 3.05) is 0 Å². The average molecular weight is 278 g/mol. The standard InChI is InChI=1S/C17H14N2O2/c1-12-7-5-6-10-15(12)19-11-14(17(20)21)16(18-19)13-8-3-2-4-9-13/h2-11H,1H3,(H,20,21). The average Bonchev–Trinajstić information content (AvgIpc) is 2.94. The Labute approximate surface area is 122 Å². The van der Waals surface area contributed by atoms with Crippen molar-refractivity contribution < 1.29 is 9.90 Å². The molecule has 0 bridgehead atoms. The first-order valence-electron chi connectivity index (χ1n) is 6.61. The van der Waals surface area contributed by atoms with Crippen LogP contribution in [0.4, 0.5) is 0 Å². The number of hydrogen-bond acceptors (Lipinski definition) is 2. The molecule has 3 aromatic rings. The van der Waals surface area contributed by atoms with E-state index in [-0.39, 0.29) is 5.56 Å². The minimum absolute atomic E-state index is 0.199. The van der Waals surface area contributed by atoms with E-state index in [9.17, 15) is 9.90 Å². The monoisotopic (exact) mass is 278 g/mol. The Hall–Kier alpha value is -2.88. The molecule has 0 aliphatic heterocycles. The third kappa shape index (κ3) is 2.43. The number of aryl methyl sites for hydroxylation is 1. The van der Waals surface area contributed by atoms with Crippen molar-refractivity contribution in [1.82, 2.24) is 9.78 Å². The van der Waals surface area contributed by atoms with Crippen LogP contribution in [0.5, 0.6) is 0 Å². The molecule has 21 heavy (non-hydrogen) atoms. The van der Waals surface area contributed by atoms with Crippen LogP contribution < -0.4 is 0 Å². The van der Waals surface area contributed by atoms with Crippen molar-refractivity contribution in [1.29, 1.82) is 0 Å². The topological polar surface area (TPSA) is 55.1 Å². The van der Waals surface area contributed by atoms with Gasteiger partial charge in [0.15, 0.2) is 0 Å². The van der Waals surface area contributed by atoms with Gasteiger partial charge in [-0.3, -0.25) is 0 Å². The van der Waals surface area contributed by atoms with E-state index in [1.807, 2.05) is 61.5 Å². The first-order chi connectivity index (χ1) is 10.2. The van der Waals surface area contributed by atoms with Crippen LogP contribution in [0.15, 0.2) is 60.8 Å². The van der Waals surface area contributed by atoms with Gasteiger partial charge in [0, 0.05) is 11.8 Å². The molecule has 4 nitrogen and oxygen atoms in total. The minimum atomic E-state index is -0.978. The van der Waals surface area contributed by atoms with Gasteiger partial charge in [0.1, 0.15) is 11.3 Å². The van der Waals surface area contributed by atoms with Gasteiger partial charge in [0.25, 0.3) is 0 Å². The number of hydrogen-bond donors (Lipinski definition) is 1. The van der Waals surface area contributed by atoms with Crippen molar-refractivity contribution in [3.8, 4) is 16.9 Å². The largest absolute Gasteiger partial charge is 0.478 e. The van der Waals surface area contributed by atoms with Crippen molar-refractivity contribution in [2.24, 2.45) is 0 Å². The number of carbonyl (C=O) groups is 1. The summed E-state index contributed by atoms with van der Waals surface area (Å²) in [6.07, 6.45) is 1.56. The third-order valence-corrected chi connectivity index (χ3v) is 3.35. The predicted molar refractivity (Wildman–Crippen MR) is 80.7 cm³/mol. The second-order valence-electron chi connectivity index (χ2n) is 4.79. The fraction of sp³-hybridized carbons (Fsp3) is 0.0588. The Morgan fingerprint density at radius 1 is 1.05 bits per heavy atom. The first kappa shape index (κ1) is 13.1. The van der Waals surface area contributed by atoms with E-state index in [0.717, 1.165) is 16.8 Å². The molecule has 104 valence electrons. The molecule has 4 heteroatoms. The maximum Gasteiger partial charge on any atom is 0.339 e. The second-order valence-corrected chi connectivity index (χ2v) is 4.79. The summed E-state index contributed by atoms with van der Waals surface area (Å²) >= 11 is 0. The van der Waals surface area contributed by atoms with Gasteiger partial charge in [-0.05, 0) is 18.6 Å². The second kappa shape index (κ2) is 5.25. The van der Waals surface area contributed by atoms with Gasteiger partial charge in [0.05, 0.1) is 5.69 Å². The lowest BCUT2D eigenvalue weighted by atomic mass is 10.1. The van der Waals surface area contributed by atoms with Crippen molar-refractivity contribution >= 4 is 5.97 Å². The van der Waals surface area contributed by atoms with E-state index in [4.69, 9.17) is 0 Å². The number of benzene rings is 2. The van der Waals surface area contributed by atoms with E-state index in [1.165, 1.54) is 0 Å². The highest BCUT2D eigenvalue weighted by molar-refractivity contribution is 5.94. The van der Waals surface area contributed by atoms with Gasteiger partial charge < -0.3 is 5.11 Å². The summed E-state index contributed by atoms with van der Waals surface area (Å²) in [5.74, 6) is -0.978. The summed E-state index contributed by atoms with van der Waals surface area (Å²) in [6, 6.07) is 17.1. The lowest BCUT2D eigenvalue weighted by Gasteiger charge is -2.04. The normalized spacial score (nSPS) is 10.5. The van der Waals surface area contributed by atoms with Crippen LogP contribution in [0.3, 0.4) is 0 Å². The van der Waals surface area contributed by atoms with E-state index in [2.05, 4.69) is 5.10 Å². The maximum atomic E-state index is 11.5. The van der Waals surface area contributed by atoms with Crippen LogP contribution in [0.1, 0.15) is 15.9 Å². The van der Waals surface area contributed by atoms with Gasteiger partial charge in [-0.1, -0.05) is 48.5 Å². The molecule has 0 amide bonds. The SMILES string of the molecule is Cc1ccccc1-n1cc(C(=O)O)c(-c2ccccc2)n1. The number of aromatic carboxylic acids is 1. The number of nitrogens with zero attached hydrogens (tertiary/aromatic N) is 2. The zero-order chi connectivity index (χ0) is 14.8. The smallest absolute Gasteiger partial charge is 0.339 e. The summed E-state index contributed by atoms with van der Waals surface area (Å²) < 4.78 is 1.63. The Bertz CT molecular complexity index is 792. The van der Waals surface area contributed by atoms with E-state index >= 15 is 0 Å². The van der Waals surface area contributed by atoms with E-state index in [0.29, 0.717) is 5.69 Å². The van der Waals surface area contributed by atoms with Crippen LogP contribution in [-0.2, 0) is 0 Å². The molecule has 0 fully saturated rings. The molecule has 0 atom stereocenters. The molecule has 2 aromatic carbocycles. The number of carboxylic acids is 1. The van der Waals surface area contributed by atoms with Gasteiger partial charge in [-0.2, -0.15) is 5.10 Å². The Morgan fingerprint density at radius 3 is 2.38 bits per heavy atom. The molecule has 0 spiro atoms. The molecule has 1 aromatic heterocycles. The lowest BCUT2D eigenvalue weighted by Crippen LogP contribution is -1.97. The summed E-state index contributed by atoms with van der Waals surface area (Å²) in [5, 5.41) is 13.9. The molecule has 0 radical (unpaired) electrons. The van der Waals surface area contributed by atoms with Gasteiger partial charge in [0.2, 0.25) is 0 Å². The lowest BCUT2D eigenvalue weighted by molar-refractivity contribution is 0.0697. The van der Waals surface area contributed by atoms with Crippen LogP contribution in [0.25, 0.3) is 16.9 Å². The molecule has 1 N–H and O–H groups in total. The van der Waals surface area contributed by atoms with Crippen molar-refractivity contribution in [3.05, 3.63) is 71.9 Å². The number of carboxylic acid groups (broad SMARTS) is 1. The van der Waals surface area contributed by atoms with Gasteiger partial charge in [-0.15, -0.1) is 0 Å².